The van der Waals surface area contributed by atoms with Gasteiger partial charge < -0.3 is 11.1 Å². The highest BCUT2D eigenvalue weighted by Crippen LogP contribution is 2.25. The Morgan fingerprint density at radius 3 is 2.94 bits per heavy atom. The van der Waals surface area contributed by atoms with Crippen LogP contribution in [-0.2, 0) is 0 Å². The first kappa shape index (κ1) is 12.9. The van der Waals surface area contributed by atoms with Gasteiger partial charge in [-0.3, -0.25) is 0 Å². The molecule has 1 aromatic carbocycles. The molecule has 2 atom stereocenters. The van der Waals surface area contributed by atoms with Crippen molar-refractivity contribution in [2.24, 2.45) is 11.7 Å². The predicted octanol–water partition coefficient (Wildman–Crippen LogP) is 3.69. The van der Waals surface area contributed by atoms with E-state index in [1.807, 2.05) is 0 Å². The Morgan fingerprint density at radius 2 is 2.24 bits per heavy atom. The average molecular weight is 297 g/mol. The van der Waals surface area contributed by atoms with Gasteiger partial charge in [0.05, 0.1) is 0 Å². The summed E-state index contributed by atoms with van der Waals surface area (Å²) in [7, 11) is 0. The molecular formula is C14H21BrN2. The fourth-order valence-electron chi connectivity index (χ4n) is 2.48. The summed E-state index contributed by atoms with van der Waals surface area (Å²) < 4.78 is 1.17. The Morgan fingerprint density at radius 1 is 1.41 bits per heavy atom. The maximum Gasteiger partial charge on any atom is 0.0351 e. The molecule has 1 saturated carbocycles. The van der Waals surface area contributed by atoms with Crippen LogP contribution in [0.2, 0.25) is 0 Å². The summed E-state index contributed by atoms with van der Waals surface area (Å²) in [5.74, 6) is 0.735. The topological polar surface area (TPSA) is 38.0 Å². The van der Waals surface area contributed by atoms with Crippen molar-refractivity contribution >= 4 is 21.6 Å². The smallest absolute Gasteiger partial charge is 0.0351 e. The van der Waals surface area contributed by atoms with Crippen LogP contribution in [0.25, 0.3) is 0 Å². The maximum atomic E-state index is 6.00. The van der Waals surface area contributed by atoms with Crippen molar-refractivity contribution in [1.82, 2.24) is 0 Å². The quantitative estimate of drug-likeness (QED) is 0.893. The van der Waals surface area contributed by atoms with E-state index >= 15 is 0 Å². The van der Waals surface area contributed by atoms with Gasteiger partial charge in [-0.15, -0.1) is 0 Å². The summed E-state index contributed by atoms with van der Waals surface area (Å²) >= 11 is 3.56. The summed E-state index contributed by atoms with van der Waals surface area (Å²) in [5, 5.41) is 3.52. The van der Waals surface area contributed by atoms with E-state index in [0.29, 0.717) is 6.04 Å². The van der Waals surface area contributed by atoms with Gasteiger partial charge in [-0.05, 0) is 49.8 Å². The summed E-state index contributed by atoms with van der Waals surface area (Å²) in [5.41, 5.74) is 8.47. The predicted molar refractivity (Wildman–Crippen MR) is 77.3 cm³/mol. The first-order valence-corrected chi connectivity index (χ1v) is 7.20. The Labute approximate surface area is 112 Å². The Bertz CT molecular complexity index is 378. The minimum atomic E-state index is 0.417. The van der Waals surface area contributed by atoms with Gasteiger partial charge in [0.1, 0.15) is 0 Å². The monoisotopic (exact) mass is 296 g/mol. The van der Waals surface area contributed by atoms with Crippen molar-refractivity contribution in [2.45, 2.75) is 38.6 Å². The van der Waals surface area contributed by atoms with Crippen LogP contribution in [0.4, 0.5) is 5.69 Å². The molecular weight excluding hydrogens is 276 g/mol. The molecule has 0 bridgehead atoms. The van der Waals surface area contributed by atoms with E-state index in [1.165, 1.54) is 41.4 Å². The van der Waals surface area contributed by atoms with Crippen molar-refractivity contribution in [1.29, 1.82) is 0 Å². The highest BCUT2D eigenvalue weighted by atomic mass is 79.9. The SMILES string of the molecule is Cc1ccc(NCC2CCCC(N)C2)cc1Br. The second-order valence-corrected chi connectivity index (χ2v) is 5.99. The normalized spacial score (nSPS) is 24.6. The van der Waals surface area contributed by atoms with Crippen LogP contribution >= 0.6 is 15.9 Å². The van der Waals surface area contributed by atoms with E-state index in [-0.39, 0.29) is 0 Å². The molecule has 1 fully saturated rings. The molecule has 17 heavy (non-hydrogen) atoms. The van der Waals surface area contributed by atoms with E-state index in [1.54, 1.807) is 0 Å². The molecule has 0 saturated heterocycles. The second kappa shape index (κ2) is 5.87. The molecule has 0 heterocycles. The van der Waals surface area contributed by atoms with Crippen molar-refractivity contribution < 1.29 is 0 Å². The first-order valence-electron chi connectivity index (χ1n) is 6.41. The summed E-state index contributed by atoms with van der Waals surface area (Å²) in [6.45, 7) is 3.15. The lowest BCUT2D eigenvalue weighted by Gasteiger charge is -2.27. The van der Waals surface area contributed by atoms with Crippen molar-refractivity contribution in [3.05, 3.63) is 28.2 Å². The van der Waals surface area contributed by atoms with E-state index in [2.05, 4.69) is 46.4 Å². The lowest BCUT2D eigenvalue weighted by atomic mass is 9.86. The third-order valence-electron chi connectivity index (χ3n) is 3.59. The number of aryl methyl sites for hydroxylation is 1. The number of hydrogen-bond acceptors (Lipinski definition) is 2. The number of halogens is 1. The zero-order chi connectivity index (χ0) is 12.3. The lowest BCUT2D eigenvalue weighted by Crippen LogP contribution is -2.30. The van der Waals surface area contributed by atoms with Crippen LogP contribution in [-0.4, -0.2) is 12.6 Å². The third-order valence-corrected chi connectivity index (χ3v) is 4.44. The molecule has 3 heteroatoms. The van der Waals surface area contributed by atoms with E-state index in [0.717, 1.165) is 12.5 Å². The fourth-order valence-corrected chi connectivity index (χ4v) is 2.86. The van der Waals surface area contributed by atoms with Crippen LogP contribution in [0, 0.1) is 12.8 Å². The number of hydrogen-bond donors (Lipinski definition) is 2. The molecule has 94 valence electrons. The minimum Gasteiger partial charge on any atom is -0.385 e. The largest absolute Gasteiger partial charge is 0.385 e. The average Bonchev–Trinajstić information content (AvgIpc) is 2.31. The van der Waals surface area contributed by atoms with E-state index in [4.69, 9.17) is 5.73 Å². The van der Waals surface area contributed by atoms with Gasteiger partial charge in [0.2, 0.25) is 0 Å². The van der Waals surface area contributed by atoms with Gasteiger partial charge in [0.25, 0.3) is 0 Å². The highest BCUT2D eigenvalue weighted by Gasteiger charge is 2.18. The Hall–Kier alpha value is -0.540. The second-order valence-electron chi connectivity index (χ2n) is 5.14. The van der Waals surface area contributed by atoms with Gasteiger partial charge in [0.15, 0.2) is 0 Å². The molecule has 0 spiro atoms. The van der Waals surface area contributed by atoms with Crippen LogP contribution in [0.5, 0.6) is 0 Å². The zero-order valence-corrected chi connectivity index (χ0v) is 12.0. The molecule has 3 N–H and O–H groups in total. The standard InChI is InChI=1S/C14H21BrN2/c1-10-5-6-13(8-14(10)15)17-9-11-3-2-4-12(16)7-11/h5-6,8,11-12,17H,2-4,7,9,16H2,1H3. The minimum absolute atomic E-state index is 0.417. The molecule has 2 unspecified atom stereocenters. The number of nitrogens with one attached hydrogen (secondary N) is 1. The molecule has 0 aromatic heterocycles. The molecule has 0 radical (unpaired) electrons. The van der Waals surface area contributed by atoms with Crippen LogP contribution < -0.4 is 11.1 Å². The molecule has 2 nitrogen and oxygen atoms in total. The Balaban J connectivity index is 1.86. The molecule has 0 amide bonds. The first-order chi connectivity index (χ1) is 8.15. The van der Waals surface area contributed by atoms with Crippen LogP contribution in [0.1, 0.15) is 31.2 Å². The molecule has 1 aromatic rings. The molecule has 1 aliphatic carbocycles. The van der Waals surface area contributed by atoms with Crippen molar-refractivity contribution in [3.8, 4) is 0 Å². The van der Waals surface area contributed by atoms with Crippen molar-refractivity contribution in [2.75, 3.05) is 11.9 Å². The van der Waals surface area contributed by atoms with Gasteiger partial charge in [-0.25, -0.2) is 0 Å². The highest BCUT2D eigenvalue weighted by molar-refractivity contribution is 9.10. The summed E-state index contributed by atoms with van der Waals surface area (Å²) in [4.78, 5) is 0. The maximum absolute atomic E-state index is 6.00. The van der Waals surface area contributed by atoms with Gasteiger partial charge in [-0.2, -0.15) is 0 Å². The zero-order valence-electron chi connectivity index (χ0n) is 10.4. The number of rotatable bonds is 3. The number of nitrogens with two attached hydrogens (primary N) is 1. The summed E-state index contributed by atoms with van der Waals surface area (Å²) in [6.07, 6.45) is 4.96. The molecule has 0 aliphatic heterocycles. The Kier molecular flexibility index (Phi) is 4.46. The van der Waals surface area contributed by atoms with Gasteiger partial charge in [0, 0.05) is 22.7 Å². The summed E-state index contributed by atoms with van der Waals surface area (Å²) in [6, 6.07) is 6.85. The number of benzene rings is 1. The van der Waals surface area contributed by atoms with Crippen molar-refractivity contribution in [3.63, 3.8) is 0 Å². The van der Waals surface area contributed by atoms with E-state index in [9.17, 15) is 0 Å². The number of anilines is 1. The van der Waals surface area contributed by atoms with Gasteiger partial charge >= 0.3 is 0 Å². The van der Waals surface area contributed by atoms with Crippen LogP contribution in [0.15, 0.2) is 22.7 Å². The third kappa shape index (κ3) is 3.71. The molecule has 2 rings (SSSR count). The molecule has 1 aliphatic rings. The van der Waals surface area contributed by atoms with Gasteiger partial charge in [-0.1, -0.05) is 28.4 Å². The van der Waals surface area contributed by atoms with E-state index < -0.39 is 0 Å². The lowest BCUT2D eigenvalue weighted by molar-refractivity contribution is 0.335. The van der Waals surface area contributed by atoms with Crippen LogP contribution in [0.3, 0.4) is 0 Å². The fraction of sp³-hybridized carbons (Fsp3) is 0.571.